The van der Waals surface area contributed by atoms with E-state index >= 15 is 0 Å². The fraction of sp³-hybridized carbons (Fsp3) is 0.333. The average molecular weight is 370 g/mol. The molecule has 1 aliphatic rings. The first-order chi connectivity index (χ1) is 13.1. The summed E-state index contributed by atoms with van der Waals surface area (Å²) in [7, 11) is 0. The number of piperidine rings is 1. The second-order valence-corrected chi connectivity index (χ2v) is 6.63. The maximum atomic E-state index is 13.7. The number of carbonyl (C=O) groups is 2. The summed E-state index contributed by atoms with van der Waals surface area (Å²) >= 11 is 0. The van der Waals surface area contributed by atoms with Crippen molar-refractivity contribution in [1.29, 1.82) is 0 Å². The van der Waals surface area contributed by atoms with Gasteiger partial charge in [-0.3, -0.25) is 4.79 Å². The van der Waals surface area contributed by atoms with Gasteiger partial charge in [-0.25, -0.2) is 9.18 Å². The Morgan fingerprint density at radius 3 is 2.63 bits per heavy atom. The molecule has 2 aromatic carbocycles. The highest BCUT2D eigenvalue weighted by atomic mass is 19.1. The third-order valence-corrected chi connectivity index (χ3v) is 4.67. The second kappa shape index (κ2) is 9.16. The number of halogens is 1. The molecule has 0 radical (unpaired) electrons. The molecule has 1 heterocycles. The standard InChI is InChI=1S/C21H23FN2O3/c22-19-11-5-4-9-17(19)13-23-20(25)18-10-6-12-24(14-18)21(26)27-15-16-7-2-1-3-8-16/h1-5,7-9,11,18H,6,10,12-15H2,(H,23,25). The highest BCUT2D eigenvalue weighted by Gasteiger charge is 2.29. The van der Waals surface area contributed by atoms with Gasteiger partial charge in [0.1, 0.15) is 12.4 Å². The molecule has 0 aromatic heterocycles. The highest BCUT2D eigenvalue weighted by Crippen LogP contribution is 2.18. The summed E-state index contributed by atoms with van der Waals surface area (Å²) in [5.74, 6) is -0.818. The summed E-state index contributed by atoms with van der Waals surface area (Å²) in [5, 5.41) is 2.77. The minimum atomic E-state index is -0.412. The summed E-state index contributed by atoms with van der Waals surface area (Å²) in [5.41, 5.74) is 1.36. The van der Waals surface area contributed by atoms with Gasteiger partial charge >= 0.3 is 6.09 Å². The van der Waals surface area contributed by atoms with Crippen LogP contribution in [-0.4, -0.2) is 30.0 Å². The highest BCUT2D eigenvalue weighted by molar-refractivity contribution is 5.80. The van der Waals surface area contributed by atoms with E-state index in [2.05, 4.69) is 5.32 Å². The fourth-order valence-electron chi connectivity index (χ4n) is 3.14. The number of rotatable bonds is 5. The molecule has 27 heavy (non-hydrogen) atoms. The van der Waals surface area contributed by atoms with Gasteiger partial charge in [0.25, 0.3) is 0 Å². The Morgan fingerprint density at radius 2 is 1.85 bits per heavy atom. The van der Waals surface area contributed by atoms with E-state index in [0.717, 1.165) is 12.0 Å². The number of amides is 2. The summed E-state index contributed by atoms with van der Waals surface area (Å²) in [4.78, 5) is 26.3. The lowest BCUT2D eigenvalue weighted by Crippen LogP contribution is -2.45. The monoisotopic (exact) mass is 370 g/mol. The van der Waals surface area contributed by atoms with Crippen molar-refractivity contribution in [2.24, 2.45) is 5.92 Å². The average Bonchev–Trinajstić information content (AvgIpc) is 2.72. The van der Waals surface area contributed by atoms with E-state index < -0.39 is 6.09 Å². The van der Waals surface area contributed by atoms with E-state index in [1.54, 1.807) is 23.1 Å². The molecule has 1 saturated heterocycles. The summed E-state index contributed by atoms with van der Waals surface area (Å²) < 4.78 is 19.0. The molecule has 1 N–H and O–H groups in total. The Morgan fingerprint density at radius 1 is 1.11 bits per heavy atom. The van der Waals surface area contributed by atoms with Crippen molar-refractivity contribution in [1.82, 2.24) is 10.2 Å². The molecule has 0 bridgehead atoms. The number of hydrogen-bond acceptors (Lipinski definition) is 3. The lowest BCUT2D eigenvalue weighted by molar-refractivity contribution is -0.126. The predicted molar refractivity (Wildman–Crippen MR) is 99.2 cm³/mol. The first-order valence-corrected chi connectivity index (χ1v) is 9.10. The molecule has 0 aliphatic carbocycles. The zero-order chi connectivity index (χ0) is 19.1. The molecule has 5 nitrogen and oxygen atoms in total. The third kappa shape index (κ3) is 5.29. The number of nitrogens with zero attached hydrogens (tertiary/aromatic N) is 1. The van der Waals surface area contributed by atoms with Crippen molar-refractivity contribution < 1.29 is 18.7 Å². The summed E-state index contributed by atoms with van der Waals surface area (Å²) in [6.07, 6.45) is 1.02. The molecule has 2 amide bonds. The van der Waals surface area contributed by atoms with Crippen molar-refractivity contribution in [3.05, 3.63) is 71.5 Å². The van der Waals surface area contributed by atoms with Crippen LogP contribution in [0.25, 0.3) is 0 Å². The summed E-state index contributed by atoms with van der Waals surface area (Å²) in [6.45, 7) is 1.24. The van der Waals surface area contributed by atoms with Crippen molar-refractivity contribution in [3.8, 4) is 0 Å². The van der Waals surface area contributed by atoms with Crippen LogP contribution in [0.3, 0.4) is 0 Å². The van der Waals surface area contributed by atoms with Crippen molar-refractivity contribution in [2.45, 2.75) is 26.0 Å². The molecule has 6 heteroatoms. The molecule has 1 unspecified atom stereocenters. The van der Waals surface area contributed by atoms with E-state index in [0.29, 0.717) is 25.1 Å². The van der Waals surface area contributed by atoms with Crippen LogP contribution < -0.4 is 5.32 Å². The fourth-order valence-corrected chi connectivity index (χ4v) is 3.14. The molecule has 142 valence electrons. The van der Waals surface area contributed by atoms with Gasteiger partial charge in [0.15, 0.2) is 0 Å². The van der Waals surface area contributed by atoms with Crippen LogP contribution in [0.2, 0.25) is 0 Å². The van der Waals surface area contributed by atoms with Gasteiger partial charge in [0.2, 0.25) is 5.91 Å². The van der Waals surface area contributed by atoms with E-state index in [1.807, 2.05) is 30.3 Å². The number of likely N-dealkylation sites (tertiary alicyclic amines) is 1. The van der Waals surface area contributed by atoms with Crippen LogP contribution in [0.4, 0.5) is 9.18 Å². The van der Waals surface area contributed by atoms with Gasteiger partial charge in [-0.2, -0.15) is 0 Å². The van der Waals surface area contributed by atoms with Gasteiger partial charge in [-0.05, 0) is 24.5 Å². The quantitative estimate of drug-likeness (QED) is 0.876. The van der Waals surface area contributed by atoms with E-state index in [-0.39, 0.29) is 30.8 Å². The SMILES string of the molecule is O=C(NCc1ccccc1F)C1CCCN(C(=O)OCc2ccccc2)C1. The maximum Gasteiger partial charge on any atom is 0.410 e. The number of carbonyl (C=O) groups excluding carboxylic acids is 2. The first-order valence-electron chi connectivity index (χ1n) is 9.10. The molecule has 3 rings (SSSR count). The van der Waals surface area contributed by atoms with Crippen LogP contribution >= 0.6 is 0 Å². The number of ether oxygens (including phenoxy) is 1. The maximum absolute atomic E-state index is 13.7. The molecule has 1 atom stereocenters. The molecule has 2 aromatic rings. The van der Waals surface area contributed by atoms with Gasteiger partial charge < -0.3 is 15.0 Å². The van der Waals surface area contributed by atoms with Crippen LogP contribution in [0.5, 0.6) is 0 Å². The topological polar surface area (TPSA) is 58.6 Å². The third-order valence-electron chi connectivity index (χ3n) is 4.67. The molecular formula is C21H23FN2O3. The molecule has 1 fully saturated rings. The van der Waals surface area contributed by atoms with Gasteiger partial charge in [0.05, 0.1) is 5.92 Å². The molecule has 1 aliphatic heterocycles. The Kier molecular flexibility index (Phi) is 6.41. The molecular weight excluding hydrogens is 347 g/mol. The number of hydrogen-bond donors (Lipinski definition) is 1. The van der Waals surface area contributed by atoms with Crippen molar-refractivity contribution in [2.75, 3.05) is 13.1 Å². The van der Waals surface area contributed by atoms with Gasteiger partial charge in [0, 0.05) is 25.2 Å². The predicted octanol–water partition coefficient (Wildman–Crippen LogP) is 3.49. The Hall–Kier alpha value is -2.89. The number of benzene rings is 2. The molecule has 0 spiro atoms. The lowest BCUT2D eigenvalue weighted by atomic mass is 9.97. The normalized spacial score (nSPS) is 16.6. The van der Waals surface area contributed by atoms with E-state index in [9.17, 15) is 14.0 Å². The van der Waals surface area contributed by atoms with E-state index in [4.69, 9.17) is 4.74 Å². The van der Waals surface area contributed by atoms with Gasteiger partial charge in [-0.15, -0.1) is 0 Å². The van der Waals surface area contributed by atoms with E-state index in [1.165, 1.54) is 6.07 Å². The lowest BCUT2D eigenvalue weighted by Gasteiger charge is -2.31. The van der Waals surface area contributed by atoms with Gasteiger partial charge in [-0.1, -0.05) is 48.5 Å². The van der Waals surface area contributed by atoms with Crippen molar-refractivity contribution in [3.63, 3.8) is 0 Å². The Labute approximate surface area is 158 Å². The smallest absolute Gasteiger partial charge is 0.410 e. The largest absolute Gasteiger partial charge is 0.445 e. The zero-order valence-corrected chi connectivity index (χ0v) is 15.1. The van der Waals surface area contributed by atoms with Crippen LogP contribution in [0.15, 0.2) is 54.6 Å². The summed E-state index contributed by atoms with van der Waals surface area (Å²) in [6, 6.07) is 15.8. The van der Waals surface area contributed by atoms with Crippen LogP contribution in [0, 0.1) is 11.7 Å². The molecule has 0 saturated carbocycles. The second-order valence-electron chi connectivity index (χ2n) is 6.63. The zero-order valence-electron chi connectivity index (χ0n) is 15.1. The minimum Gasteiger partial charge on any atom is -0.445 e. The van der Waals surface area contributed by atoms with Crippen LogP contribution in [0.1, 0.15) is 24.0 Å². The number of nitrogens with one attached hydrogen (secondary N) is 1. The van der Waals surface area contributed by atoms with Crippen molar-refractivity contribution >= 4 is 12.0 Å². The Bertz CT molecular complexity index is 782. The first kappa shape index (κ1) is 18.9. The minimum absolute atomic E-state index is 0.139. The Balaban J connectivity index is 1.48. The van der Waals surface area contributed by atoms with Crippen LogP contribution in [-0.2, 0) is 22.7 Å².